The molecule has 0 radical (unpaired) electrons. The van der Waals surface area contributed by atoms with Crippen LogP contribution in [0.2, 0.25) is 58.9 Å². The van der Waals surface area contributed by atoms with Crippen molar-refractivity contribution >= 4 is 72.5 Å². The van der Waals surface area contributed by atoms with Crippen molar-refractivity contribution in [3.8, 4) is 45.3 Å². The minimum absolute atomic E-state index is 0.569. The maximum absolute atomic E-state index is 6.44. The number of fused-ring (bicyclic) bond motifs is 7. The summed E-state index contributed by atoms with van der Waals surface area (Å²) in [5.74, 6) is 1.92. The summed E-state index contributed by atoms with van der Waals surface area (Å²) in [7, 11) is -4.66. The first kappa shape index (κ1) is 42.1. The second kappa shape index (κ2) is 15.3. The van der Waals surface area contributed by atoms with Gasteiger partial charge in [-0.2, -0.15) is 0 Å². The molecule has 0 bridgehead atoms. The van der Waals surface area contributed by atoms with Crippen LogP contribution in [0.1, 0.15) is 22.3 Å². The molecular formula is C59H55N3OSi3. The van der Waals surface area contributed by atoms with Crippen LogP contribution in [-0.4, -0.2) is 39.2 Å². The van der Waals surface area contributed by atoms with Crippen molar-refractivity contribution in [3.63, 3.8) is 0 Å². The van der Waals surface area contributed by atoms with Crippen LogP contribution in [0.15, 0.2) is 174 Å². The molecule has 0 fully saturated rings. The van der Waals surface area contributed by atoms with Gasteiger partial charge in [-0.15, -0.1) is 0 Å². The topological polar surface area (TPSA) is 51.8 Å². The van der Waals surface area contributed by atoms with Gasteiger partial charge in [0.25, 0.3) is 0 Å². The van der Waals surface area contributed by atoms with Gasteiger partial charge in [0.1, 0.15) is 11.2 Å². The molecule has 0 amide bonds. The third kappa shape index (κ3) is 7.03. The summed E-state index contributed by atoms with van der Waals surface area (Å²) in [6.07, 6.45) is 0. The molecular weight excluding hydrogens is 851 g/mol. The van der Waals surface area contributed by atoms with Gasteiger partial charge in [0.05, 0.1) is 29.6 Å². The molecule has 2 aromatic heterocycles. The molecule has 2 heterocycles. The van der Waals surface area contributed by atoms with Crippen LogP contribution in [0.4, 0.5) is 0 Å². The largest absolute Gasteiger partial charge is 0.456 e. The van der Waals surface area contributed by atoms with Gasteiger partial charge in [-0.25, -0.2) is 15.0 Å². The lowest BCUT2D eigenvalue weighted by Gasteiger charge is -2.35. The van der Waals surface area contributed by atoms with E-state index in [4.69, 9.17) is 19.4 Å². The molecule has 0 N–H and O–H groups in total. The molecule has 0 saturated carbocycles. The van der Waals surface area contributed by atoms with Gasteiger partial charge in [0, 0.05) is 27.5 Å². The summed E-state index contributed by atoms with van der Waals surface area (Å²) < 4.78 is 6.44. The van der Waals surface area contributed by atoms with Crippen LogP contribution in [-0.2, 0) is 5.41 Å². The molecule has 0 aliphatic heterocycles. The fourth-order valence-electron chi connectivity index (χ4n) is 10.1. The normalized spacial score (nSPS) is 13.7. The van der Waals surface area contributed by atoms with Gasteiger partial charge in [0.15, 0.2) is 17.5 Å². The Kier molecular flexibility index (Phi) is 9.75. The molecule has 0 spiro atoms. The van der Waals surface area contributed by atoms with Crippen molar-refractivity contribution in [2.45, 2.75) is 64.3 Å². The lowest BCUT2D eigenvalue weighted by atomic mass is 9.67. The Labute approximate surface area is 391 Å². The number of furan rings is 1. The van der Waals surface area contributed by atoms with Gasteiger partial charge >= 0.3 is 0 Å². The Morgan fingerprint density at radius 2 is 0.803 bits per heavy atom. The van der Waals surface area contributed by atoms with Gasteiger partial charge in [-0.3, -0.25) is 0 Å². The Morgan fingerprint density at radius 3 is 1.38 bits per heavy atom. The first-order chi connectivity index (χ1) is 31.6. The van der Waals surface area contributed by atoms with Crippen molar-refractivity contribution < 1.29 is 4.42 Å². The smallest absolute Gasteiger partial charge is 0.164 e. The molecule has 0 atom stereocenters. The van der Waals surface area contributed by atoms with Crippen LogP contribution >= 0.6 is 0 Å². The minimum Gasteiger partial charge on any atom is -0.456 e. The summed E-state index contributed by atoms with van der Waals surface area (Å²) in [5, 5.41) is 8.76. The molecule has 7 heteroatoms. The highest BCUT2D eigenvalue weighted by molar-refractivity contribution is 6.89. The standard InChI is InChI=1S/C59H55N3OSi3/c1-64(2,3)45-26-18-38(19-27-45)56-60-57(41-21-33-54-50(35-41)51-34-39-14-10-11-15-40(39)37-55(51)63-54)62-58(61-56)42-20-32-49-48-16-12-13-17-52(48)59(53(49)36-42,43-22-28-46(29-23-43)65(4,5)6)44-24-30-47(31-25-44)66(7,8)9/h10-37H,1-9H3. The van der Waals surface area contributed by atoms with Crippen molar-refractivity contribution in [3.05, 3.63) is 192 Å². The van der Waals surface area contributed by atoms with E-state index in [2.05, 4.69) is 229 Å². The molecule has 10 aromatic rings. The zero-order valence-corrected chi connectivity index (χ0v) is 42.4. The Balaban J connectivity index is 1.14. The number of nitrogens with zero attached hydrogens (tertiary/aromatic N) is 3. The van der Waals surface area contributed by atoms with Crippen molar-refractivity contribution in [2.24, 2.45) is 0 Å². The molecule has 66 heavy (non-hydrogen) atoms. The van der Waals surface area contributed by atoms with Gasteiger partial charge in [-0.05, 0) is 80.6 Å². The summed E-state index contributed by atoms with van der Waals surface area (Å²) in [5.41, 5.74) is 11.5. The SMILES string of the molecule is C[Si](C)(C)c1ccc(-c2nc(-c3ccc4c(c3)C(c3ccc([Si](C)(C)C)cc3)(c3ccc([Si](C)(C)C)cc3)c3ccccc3-4)nc(-c3ccc4oc5cc6ccccc6cc5c4c3)n2)cc1. The summed E-state index contributed by atoms with van der Waals surface area (Å²) in [6, 6.07) is 63.1. The molecule has 1 aliphatic rings. The molecule has 11 rings (SSSR count). The molecule has 0 unspecified atom stereocenters. The summed E-state index contributed by atoms with van der Waals surface area (Å²) in [6.45, 7) is 21.7. The third-order valence-corrected chi connectivity index (χ3v) is 20.1. The predicted molar refractivity (Wildman–Crippen MR) is 287 cm³/mol. The second-order valence-electron chi connectivity index (χ2n) is 21.4. The molecule has 1 aliphatic carbocycles. The van der Waals surface area contributed by atoms with E-state index in [1.165, 1.54) is 54.3 Å². The first-order valence-corrected chi connectivity index (χ1v) is 33.7. The number of hydrogen-bond acceptors (Lipinski definition) is 4. The maximum Gasteiger partial charge on any atom is 0.164 e. The Bertz CT molecular complexity index is 3460. The van der Waals surface area contributed by atoms with E-state index in [0.717, 1.165) is 44.0 Å². The highest BCUT2D eigenvalue weighted by Crippen LogP contribution is 2.56. The monoisotopic (exact) mass is 905 g/mol. The number of benzene rings is 8. The Hall–Kier alpha value is -6.52. The zero-order chi connectivity index (χ0) is 45.8. The highest BCUT2D eigenvalue weighted by Gasteiger charge is 2.46. The molecule has 4 nitrogen and oxygen atoms in total. The van der Waals surface area contributed by atoms with Crippen molar-refractivity contribution in [1.82, 2.24) is 15.0 Å². The fourth-order valence-corrected chi connectivity index (χ4v) is 13.6. The van der Waals surface area contributed by atoms with E-state index in [1.54, 1.807) is 0 Å². The van der Waals surface area contributed by atoms with Gasteiger partial charge in [0.2, 0.25) is 0 Å². The molecule has 8 aromatic carbocycles. The van der Waals surface area contributed by atoms with Crippen LogP contribution in [0.3, 0.4) is 0 Å². The quantitative estimate of drug-likeness (QED) is 0.143. The summed E-state index contributed by atoms with van der Waals surface area (Å²) in [4.78, 5) is 16.0. The van der Waals surface area contributed by atoms with Crippen LogP contribution in [0, 0.1) is 0 Å². The maximum atomic E-state index is 6.44. The minimum atomic E-state index is -1.56. The van der Waals surface area contributed by atoms with Crippen LogP contribution in [0.25, 0.3) is 78.0 Å². The van der Waals surface area contributed by atoms with E-state index < -0.39 is 29.6 Å². The van der Waals surface area contributed by atoms with E-state index in [9.17, 15) is 0 Å². The van der Waals surface area contributed by atoms with E-state index >= 15 is 0 Å². The van der Waals surface area contributed by atoms with Crippen LogP contribution in [0.5, 0.6) is 0 Å². The second-order valence-corrected chi connectivity index (χ2v) is 36.6. The number of rotatable bonds is 8. The van der Waals surface area contributed by atoms with Crippen molar-refractivity contribution in [2.75, 3.05) is 0 Å². The van der Waals surface area contributed by atoms with E-state index in [1.807, 2.05) is 0 Å². The zero-order valence-electron chi connectivity index (χ0n) is 39.4. The number of aromatic nitrogens is 3. The fraction of sp³-hybridized carbons (Fsp3) is 0.169. The Morgan fingerprint density at radius 1 is 0.364 bits per heavy atom. The predicted octanol–water partition coefficient (Wildman–Crippen LogP) is 13.9. The highest BCUT2D eigenvalue weighted by atomic mass is 28.3. The molecule has 0 saturated heterocycles. The van der Waals surface area contributed by atoms with Crippen LogP contribution < -0.4 is 15.6 Å². The number of hydrogen-bond donors (Lipinski definition) is 0. The summed E-state index contributed by atoms with van der Waals surface area (Å²) >= 11 is 0. The van der Waals surface area contributed by atoms with E-state index in [0.29, 0.717) is 17.5 Å². The lowest BCUT2D eigenvalue weighted by molar-refractivity contribution is 0.669. The molecule has 324 valence electrons. The lowest BCUT2D eigenvalue weighted by Crippen LogP contribution is -2.39. The first-order valence-electron chi connectivity index (χ1n) is 23.2. The third-order valence-electron chi connectivity index (χ3n) is 13.9. The average Bonchev–Trinajstić information content (AvgIpc) is 3.82. The van der Waals surface area contributed by atoms with E-state index in [-0.39, 0.29) is 0 Å². The van der Waals surface area contributed by atoms with Gasteiger partial charge in [-0.1, -0.05) is 208 Å². The van der Waals surface area contributed by atoms with Gasteiger partial charge < -0.3 is 4.42 Å². The average molecular weight is 906 g/mol. The van der Waals surface area contributed by atoms with Crippen molar-refractivity contribution in [1.29, 1.82) is 0 Å².